The van der Waals surface area contributed by atoms with Gasteiger partial charge in [0.2, 0.25) is 10.0 Å². The van der Waals surface area contributed by atoms with E-state index in [0.29, 0.717) is 0 Å². The first kappa shape index (κ1) is 11.3. The highest BCUT2D eigenvalue weighted by molar-refractivity contribution is 14.1. The van der Waals surface area contributed by atoms with Gasteiger partial charge < -0.3 is 0 Å². The Balaban J connectivity index is 3.53. The molecule has 1 aromatic rings. The fraction of sp³-hybridized carbons (Fsp3) is 0. The van der Waals surface area contributed by atoms with Crippen molar-refractivity contribution in [2.45, 2.75) is 4.90 Å². The fourth-order valence-corrected chi connectivity index (χ4v) is 3.17. The van der Waals surface area contributed by atoms with E-state index in [1.54, 1.807) is 22.6 Å². The smallest absolute Gasteiger partial charge is 0.225 e. The van der Waals surface area contributed by atoms with Crippen molar-refractivity contribution >= 4 is 48.5 Å². The lowest BCUT2D eigenvalue weighted by molar-refractivity contribution is 0.594. The predicted octanol–water partition coefficient (Wildman–Crippen LogP) is 1.84. The summed E-state index contributed by atoms with van der Waals surface area (Å²) in [6.07, 6.45) is 0. The van der Waals surface area contributed by atoms with Crippen molar-refractivity contribution in [1.29, 1.82) is 0 Å². The highest BCUT2D eigenvalue weighted by Gasteiger charge is 2.16. The van der Waals surface area contributed by atoms with Crippen LogP contribution in [0.25, 0.3) is 0 Å². The SMILES string of the molecule is NS(=O)(=O)c1ccc(F)c(Br)c1I. The fourth-order valence-electron chi connectivity index (χ4n) is 0.728. The van der Waals surface area contributed by atoms with Gasteiger partial charge in [-0.3, -0.25) is 0 Å². The van der Waals surface area contributed by atoms with Crippen LogP contribution in [0.1, 0.15) is 0 Å². The Morgan fingerprint density at radius 1 is 1.46 bits per heavy atom. The van der Waals surface area contributed by atoms with Gasteiger partial charge in [-0.05, 0) is 50.7 Å². The third-order valence-electron chi connectivity index (χ3n) is 1.31. The summed E-state index contributed by atoms with van der Waals surface area (Å²) in [4.78, 5) is -0.0821. The zero-order valence-corrected chi connectivity index (χ0v) is 10.7. The zero-order valence-electron chi connectivity index (χ0n) is 6.09. The van der Waals surface area contributed by atoms with Gasteiger partial charge in [-0.15, -0.1) is 0 Å². The minimum Gasteiger partial charge on any atom is -0.225 e. The topological polar surface area (TPSA) is 60.2 Å². The molecule has 0 fully saturated rings. The van der Waals surface area contributed by atoms with Gasteiger partial charge in [-0.1, -0.05) is 0 Å². The third kappa shape index (κ3) is 2.39. The number of hydrogen-bond donors (Lipinski definition) is 1. The van der Waals surface area contributed by atoms with Crippen molar-refractivity contribution in [3.63, 3.8) is 0 Å². The van der Waals surface area contributed by atoms with Crippen molar-refractivity contribution in [3.8, 4) is 0 Å². The van der Waals surface area contributed by atoms with Crippen LogP contribution in [0.4, 0.5) is 4.39 Å². The molecule has 0 saturated heterocycles. The summed E-state index contributed by atoms with van der Waals surface area (Å²) in [5, 5.41) is 4.90. The maximum Gasteiger partial charge on any atom is 0.239 e. The number of benzene rings is 1. The van der Waals surface area contributed by atoms with Gasteiger partial charge in [-0.25, -0.2) is 17.9 Å². The Kier molecular flexibility index (Phi) is 3.31. The summed E-state index contributed by atoms with van der Waals surface area (Å²) >= 11 is 4.63. The van der Waals surface area contributed by atoms with Gasteiger partial charge in [0.25, 0.3) is 0 Å². The Hall–Kier alpha value is 0.270. The van der Waals surface area contributed by atoms with Gasteiger partial charge in [0.05, 0.1) is 12.9 Å². The maximum atomic E-state index is 12.9. The van der Waals surface area contributed by atoms with E-state index in [1.165, 1.54) is 0 Å². The molecule has 0 heterocycles. The summed E-state index contributed by atoms with van der Waals surface area (Å²) in [7, 11) is -3.78. The molecule has 72 valence electrons. The molecular formula is C6H4BrFINO2S. The lowest BCUT2D eigenvalue weighted by atomic mass is 10.3. The molecule has 2 N–H and O–H groups in total. The van der Waals surface area contributed by atoms with Crippen LogP contribution in [0.5, 0.6) is 0 Å². The van der Waals surface area contributed by atoms with Gasteiger partial charge in [-0.2, -0.15) is 0 Å². The highest BCUT2D eigenvalue weighted by Crippen LogP contribution is 2.27. The second-order valence-electron chi connectivity index (χ2n) is 2.22. The van der Waals surface area contributed by atoms with Crippen LogP contribution < -0.4 is 5.14 Å². The van der Waals surface area contributed by atoms with E-state index in [0.717, 1.165) is 12.1 Å². The molecule has 0 unspecified atom stereocenters. The number of sulfonamides is 1. The number of halogens is 3. The van der Waals surface area contributed by atoms with Crippen molar-refractivity contribution in [1.82, 2.24) is 0 Å². The standard InChI is InChI=1S/C6H4BrFINO2S/c7-5-3(8)1-2-4(6(5)9)13(10,11)12/h1-2H,(H2,10,11,12). The molecule has 0 aliphatic heterocycles. The van der Waals surface area contributed by atoms with Crippen molar-refractivity contribution < 1.29 is 12.8 Å². The first-order valence-corrected chi connectivity index (χ1v) is 6.42. The van der Waals surface area contributed by atoms with Crippen LogP contribution >= 0.6 is 38.5 Å². The molecule has 0 aliphatic carbocycles. The van der Waals surface area contributed by atoms with Gasteiger partial charge in [0.1, 0.15) is 5.82 Å². The molecule has 7 heteroatoms. The summed E-state index contributed by atoms with van der Waals surface area (Å²) < 4.78 is 35.1. The molecule has 1 rings (SSSR count). The first-order chi connectivity index (χ1) is 5.84. The molecule has 0 spiro atoms. The first-order valence-electron chi connectivity index (χ1n) is 3.00. The number of nitrogens with two attached hydrogens (primary N) is 1. The van der Waals surface area contributed by atoms with E-state index in [4.69, 9.17) is 5.14 Å². The number of hydrogen-bond acceptors (Lipinski definition) is 2. The highest BCUT2D eigenvalue weighted by atomic mass is 127. The van der Waals surface area contributed by atoms with E-state index < -0.39 is 15.8 Å². The van der Waals surface area contributed by atoms with Crippen LogP contribution in [0.3, 0.4) is 0 Å². The molecular weight excluding hydrogens is 376 g/mol. The monoisotopic (exact) mass is 379 g/mol. The van der Waals surface area contributed by atoms with Crippen molar-refractivity contribution in [2.75, 3.05) is 0 Å². The van der Waals surface area contributed by atoms with Gasteiger partial charge >= 0.3 is 0 Å². The van der Waals surface area contributed by atoms with Crippen molar-refractivity contribution in [3.05, 3.63) is 26.0 Å². The van der Waals surface area contributed by atoms with Crippen LogP contribution in [0.2, 0.25) is 0 Å². The third-order valence-corrected chi connectivity index (χ3v) is 5.26. The quantitative estimate of drug-likeness (QED) is 0.597. The normalized spacial score (nSPS) is 11.7. The Morgan fingerprint density at radius 2 is 2.00 bits per heavy atom. The Morgan fingerprint density at radius 3 is 2.46 bits per heavy atom. The summed E-state index contributed by atoms with van der Waals surface area (Å²) in [5.74, 6) is -0.517. The molecule has 0 radical (unpaired) electrons. The largest absolute Gasteiger partial charge is 0.239 e. The van der Waals surface area contributed by atoms with Crippen LogP contribution in [0.15, 0.2) is 21.5 Å². The molecule has 1 aromatic carbocycles. The lowest BCUT2D eigenvalue weighted by Gasteiger charge is -2.03. The Bertz CT molecular complexity index is 448. The summed E-state index contributed by atoms with van der Waals surface area (Å²) in [5.41, 5.74) is 0. The maximum absolute atomic E-state index is 12.9. The van der Waals surface area contributed by atoms with E-state index in [9.17, 15) is 12.8 Å². The molecule has 0 bridgehead atoms. The zero-order chi connectivity index (χ0) is 10.2. The molecule has 13 heavy (non-hydrogen) atoms. The van der Waals surface area contributed by atoms with E-state index in [2.05, 4.69) is 15.9 Å². The molecule has 0 aliphatic rings. The lowest BCUT2D eigenvalue weighted by Crippen LogP contribution is -2.14. The average Bonchev–Trinajstić information content (AvgIpc) is 1.98. The predicted molar refractivity (Wildman–Crippen MR) is 58.2 cm³/mol. The average molecular weight is 380 g/mol. The number of rotatable bonds is 1. The summed E-state index contributed by atoms with van der Waals surface area (Å²) in [6, 6.07) is 2.18. The molecule has 0 atom stereocenters. The van der Waals surface area contributed by atoms with Crippen molar-refractivity contribution in [2.24, 2.45) is 5.14 Å². The van der Waals surface area contributed by atoms with Crippen LogP contribution in [-0.2, 0) is 10.0 Å². The summed E-state index contributed by atoms with van der Waals surface area (Å²) in [6.45, 7) is 0. The minimum absolute atomic E-state index is 0.0821. The van der Waals surface area contributed by atoms with Crippen LogP contribution in [0, 0.1) is 9.39 Å². The van der Waals surface area contributed by atoms with E-state index >= 15 is 0 Å². The second-order valence-corrected chi connectivity index (χ2v) is 5.62. The van der Waals surface area contributed by atoms with E-state index in [1.807, 2.05) is 0 Å². The molecule has 3 nitrogen and oxygen atoms in total. The molecule has 0 aromatic heterocycles. The Labute approximate surface area is 96.8 Å². The minimum atomic E-state index is -3.78. The van der Waals surface area contributed by atoms with E-state index in [-0.39, 0.29) is 12.9 Å². The van der Waals surface area contributed by atoms with Crippen LogP contribution in [-0.4, -0.2) is 8.42 Å². The van der Waals surface area contributed by atoms with Gasteiger partial charge in [0.15, 0.2) is 0 Å². The molecule has 0 saturated carbocycles. The number of primary sulfonamides is 1. The second kappa shape index (κ2) is 3.79. The molecule has 0 amide bonds. The van der Waals surface area contributed by atoms with Gasteiger partial charge in [0, 0.05) is 0 Å².